The van der Waals surface area contributed by atoms with Crippen molar-refractivity contribution in [2.24, 2.45) is 11.1 Å². The van der Waals surface area contributed by atoms with Gasteiger partial charge in [0.05, 0.1) is 17.5 Å². The number of aromatic nitrogens is 2. The van der Waals surface area contributed by atoms with Crippen LogP contribution in [0.2, 0.25) is 0 Å². The molecular formula is C11H18N4O. The van der Waals surface area contributed by atoms with Gasteiger partial charge in [-0.3, -0.25) is 0 Å². The zero-order valence-corrected chi connectivity index (χ0v) is 9.70. The van der Waals surface area contributed by atoms with E-state index in [-0.39, 0.29) is 17.9 Å². The van der Waals surface area contributed by atoms with E-state index in [0.29, 0.717) is 12.1 Å². The molecule has 5 N–H and O–H groups in total. The molecule has 0 saturated heterocycles. The third-order valence-corrected chi connectivity index (χ3v) is 3.04. The van der Waals surface area contributed by atoms with Crippen molar-refractivity contribution >= 4 is 5.95 Å². The largest absolute Gasteiger partial charge is 0.388 e. The number of rotatable bonds is 1. The first-order valence-corrected chi connectivity index (χ1v) is 5.46. The second-order valence-corrected chi connectivity index (χ2v) is 5.15. The molecule has 0 amide bonds. The highest BCUT2D eigenvalue weighted by Crippen LogP contribution is 2.40. The van der Waals surface area contributed by atoms with Crippen LogP contribution in [0.1, 0.15) is 43.3 Å². The summed E-state index contributed by atoms with van der Waals surface area (Å²) in [5.41, 5.74) is 13.6. The van der Waals surface area contributed by atoms with E-state index < -0.39 is 6.10 Å². The predicted molar refractivity (Wildman–Crippen MR) is 61.4 cm³/mol. The molecule has 1 aliphatic carbocycles. The Hall–Kier alpha value is -1.20. The van der Waals surface area contributed by atoms with Crippen molar-refractivity contribution in [3.63, 3.8) is 0 Å². The lowest BCUT2D eigenvalue weighted by Gasteiger charge is -2.34. The van der Waals surface area contributed by atoms with E-state index in [2.05, 4.69) is 23.8 Å². The second kappa shape index (κ2) is 3.68. The number of fused-ring (bicyclic) bond motifs is 1. The molecule has 1 unspecified atom stereocenters. The molecule has 0 aromatic carbocycles. The minimum absolute atomic E-state index is 0.0408. The minimum atomic E-state index is -0.530. The maximum atomic E-state index is 10.1. The van der Waals surface area contributed by atoms with Gasteiger partial charge in [-0.1, -0.05) is 13.8 Å². The Labute approximate surface area is 94.9 Å². The van der Waals surface area contributed by atoms with Gasteiger partial charge in [-0.25, -0.2) is 9.97 Å². The monoisotopic (exact) mass is 222 g/mol. The van der Waals surface area contributed by atoms with Crippen molar-refractivity contribution in [1.82, 2.24) is 9.97 Å². The van der Waals surface area contributed by atoms with Crippen molar-refractivity contribution < 1.29 is 5.11 Å². The lowest BCUT2D eigenvalue weighted by Crippen LogP contribution is -2.29. The van der Waals surface area contributed by atoms with E-state index in [4.69, 9.17) is 11.5 Å². The summed E-state index contributed by atoms with van der Waals surface area (Å²) in [6.07, 6.45) is 0.984. The zero-order valence-electron chi connectivity index (χ0n) is 9.70. The number of anilines is 1. The molecule has 88 valence electrons. The molecule has 1 atom stereocenters. The lowest BCUT2D eigenvalue weighted by molar-refractivity contribution is 0.0968. The van der Waals surface area contributed by atoms with E-state index >= 15 is 0 Å². The summed E-state index contributed by atoms with van der Waals surface area (Å²) < 4.78 is 0. The summed E-state index contributed by atoms with van der Waals surface area (Å²) in [6, 6.07) is 0. The first kappa shape index (κ1) is 11.3. The second-order valence-electron chi connectivity index (χ2n) is 5.15. The van der Waals surface area contributed by atoms with Crippen molar-refractivity contribution in [2.75, 3.05) is 5.73 Å². The Morgan fingerprint density at radius 2 is 2.12 bits per heavy atom. The van der Waals surface area contributed by atoms with Crippen LogP contribution in [0.5, 0.6) is 0 Å². The van der Waals surface area contributed by atoms with Crippen LogP contribution < -0.4 is 11.5 Å². The quantitative estimate of drug-likeness (QED) is 0.643. The molecule has 0 bridgehead atoms. The van der Waals surface area contributed by atoms with Crippen LogP contribution in [0.25, 0.3) is 0 Å². The highest BCUT2D eigenvalue weighted by molar-refractivity contribution is 5.36. The van der Waals surface area contributed by atoms with E-state index in [9.17, 15) is 5.11 Å². The maximum Gasteiger partial charge on any atom is 0.220 e. The molecule has 1 aromatic rings. The SMILES string of the molecule is CC1(C)Cc2nc(N)nc(CN)c2C(O)C1. The normalized spacial score (nSPS) is 22.9. The Balaban J connectivity index is 2.55. The van der Waals surface area contributed by atoms with E-state index in [1.807, 2.05) is 0 Å². The minimum Gasteiger partial charge on any atom is -0.388 e. The average Bonchev–Trinajstić information content (AvgIpc) is 2.13. The maximum absolute atomic E-state index is 10.1. The molecule has 0 spiro atoms. The zero-order chi connectivity index (χ0) is 11.9. The first-order valence-electron chi connectivity index (χ1n) is 5.46. The Bertz CT molecular complexity index is 417. The van der Waals surface area contributed by atoms with Crippen LogP contribution >= 0.6 is 0 Å². The summed E-state index contributed by atoms with van der Waals surface area (Å²) >= 11 is 0. The van der Waals surface area contributed by atoms with Crippen molar-refractivity contribution in [2.45, 2.75) is 39.3 Å². The highest BCUT2D eigenvalue weighted by Gasteiger charge is 2.34. The van der Waals surface area contributed by atoms with Gasteiger partial charge in [0, 0.05) is 12.1 Å². The third kappa shape index (κ3) is 1.88. The van der Waals surface area contributed by atoms with Crippen LogP contribution in [-0.2, 0) is 13.0 Å². The fourth-order valence-electron chi connectivity index (χ4n) is 2.41. The van der Waals surface area contributed by atoms with Crippen molar-refractivity contribution in [3.8, 4) is 0 Å². The molecule has 5 nitrogen and oxygen atoms in total. The summed E-state index contributed by atoms with van der Waals surface area (Å²) in [6.45, 7) is 4.51. The van der Waals surface area contributed by atoms with Crippen molar-refractivity contribution in [3.05, 3.63) is 17.0 Å². The molecule has 0 radical (unpaired) electrons. The number of aliphatic hydroxyl groups excluding tert-OH is 1. The molecule has 0 saturated carbocycles. The first-order chi connectivity index (χ1) is 7.43. The van der Waals surface area contributed by atoms with Gasteiger partial charge in [0.2, 0.25) is 5.95 Å². The summed E-state index contributed by atoms with van der Waals surface area (Å²) in [5, 5.41) is 10.1. The molecule has 1 aromatic heterocycles. The Kier molecular flexibility index (Phi) is 2.59. The van der Waals surface area contributed by atoms with Gasteiger partial charge < -0.3 is 16.6 Å². The van der Waals surface area contributed by atoms with E-state index in [1.54, 1.807) is 0 Å². The Morgan fingerprint density at radius 3 is 2.75 bits per heavy atom. The summed E-state index contributed by atoms with van der Waals surface area (Å²) in [7, 11) is 0. The molecule has 0 aliphatic heterocycles. The molecule has 2 rings (SSSR count). The molecule has 1 heterocycles. The topological polar surface area (TPSA) is 98.0 Å². The highest BCUT2D eigenvalue weighted by atomic mass is 16.3. The van der Waals surface area contributed by atoms with Gasteiger partial charge in [-0.05, 0) is 18.3 Å². The summed E-state index contributed by atoms with van der Waals surface area (Å²) in [5.74, 6) is 0.240. The number of aliphatic hydroxyl groups is 1. The Morgan fingerprint density at radius 1 is 1.44 bits per heavy atom. The number of nitrogens with zero attached hydrogens (tertiary/aromatic N) is 2. The number of nitrogen functional groups attached to an aromatic ring is 1. The standard InChI is InChI=1S/C11H18N4O/c1-11(2)3-6-9(8(16)4-11)7(5-12)15-10(13)14-6/h8,16H,3-5,12H2,1-2H3,(H2,13,14,15). The van der Waals surface area contributed by atoms with Gasteiger partial charge in [0.15, 0.2) is 0 Å². The number of nitrogens with two attached hydrogens (primary N) is 2. The van der Waals surface area contributed by atoms with Gasteiger partial charge in [-0.15, -0.1) is 0 Å². The lowest BCUT2D eigenvalue weighted by atomic mass is 9.74. The van der Waals surface area contributed by atoms with Gasteiger partial charge in [0.25, 0.3) is 0 Å². The van der Waals surface area contributed by atoms with Gasteiger partial charge in [-0.2, -0.15) is 0 Å². The van der Waals surface area contributed by atoms with Crippen LogP contribution in [-0.4, -0.2) is 15.1 Å². The fraction of sp³-hybridized carbons (Fsp3) is 0.636. The smallest absolute Gasteiger partial charge is 0.220 e. The number of hydrogen-bond donors (Lipinski definition) is 3. The average molecular weight is 222 g/mol. The predicted octanol–water partition coefficient (Wildman–Crippen LogP) is 0.523. The van der Waals surface area contributed by atoms with Gasteiger partial charge >= 0.3 is 0 Å². The third-order valence-electron chi connectivity index (χ3n) is 3.04. The molecule has 0 fully saturated rings. The van der Waals surface area contributed by atoms with Crippen LogP contribution in [0, 0.1) is 5.41 Å². The fourth-order valence-corrected chi connectivity index (χ4v) is 2.41. The van der Waals surface area contributed by atoms with E-state index in [1.165, 1.54) is 0 Å². The van der Waals surface area contributed by atoms with Gasteiger partial charge in [0.1, 0.15) is 0 Å². The summed E-state index contributed by atoms with van der Waals surface area (Å²) in [4.78, 5) is 8.30. The molecule has 1 aliphatic rings. The molecular weight excluding hydrogens is 204 g/mol. The van der Waals surface area contributed by atoms with Crippen LogP contribution in [0.15, 0.2) is 0 Å². The van der Waals surface area contributed by atoms with Crippen molar-refractivity contribution in [1.29, 1.82) is 0 Å². The van der Waals surface area contributed by atoms with Crippen LogP contribution in [0.4, 0.5) is 5.95 Å². The molecule has 5 heteroatoms. The van der Waals surface area contributed by atoms with E-state index in [0.717, 1.165) is 17.7 Å². The number of hydrogen-bond acceptors (Lipinski definition) is 5. The molecule has 16 heavy (non-hydrogen) atoms. The van der Waals surface area contributed by atoms with Crippen LogP contribution in [0.3, 0.4) is 0 Å².